The minimum Gasteiger partial charge on any atom is -0.508 e. The number of hydrogen-bond acceptors (Lipinski definition) is 4. The van der Waals surface area contributed by atoms with Crippen molar-refractivity contribution in [1.29, 1.82) is 0 Å². The van der Waals surface area contributed by atoms with Gasteiger partial charge in [0.1, 0.15) is 11.8 Å². The molecule has 0 heterocycles. The standard InChI is InChI=1S/C22H31NO5/c1-4-6-7-8-9-10-11-12-20(22(27)28)23-21(26)15-17(3)18(16-24)13-14-19(25)5-2/h5-11,13-14,17,20,24-25H,2,4,12,15-16H2,1,3H3,(H,23,26)(H,27,28)/b7-6-,9-8-,11-10+,18-13+,19-14+/t17?,20-/m1/s1. The molecule has 1 amide bonds. The molecule has 0 aliphatic carbocycles. The molecule has 0 saturated heterocycles. The maximum atomic E-state index is 12.2. The van der Waals surface area contributed by atoms with Gasteiger partial charge < -0.3 is 20.6 Å². The third kappa shape index (κ3) is 11.7. The van der Waals surface area contributed by atoms with E-state index in [9.17, 15) is 24.9 Å². The van der Waals surface area contributed by atoms with Gasteiger partial charge in [0.15, 0.2) is 0 Å². The van der Waals surface area contributed by atoms with Crippen LogP contribution in [0, 0.1) is 5.92 Å². The highest BCUT2D eigenvalue weighted by Crippen LogP contribution is 2.15. The van der Waals surface area contributed by atoms with Crippen LogP contribution in [0.1, 0.15) is 33.1 Å². The van der Waals surface area contributed by atoms with Gasteiger partial charge in [0.05, 0.1) is 6.61 Å². The van der Waals surface area contributed by atoms with Crippen molar-refractivity contribution in [3.8, 4) is 0 Å². The fraction of sp³-hybridized carbons (Fsp3) is 0.364. The Kier molecular flexibility index (Phi) is 13.7. The number of allylic oxidation sites excluding steroid dienone is 8. The maximum absolute atomic E-state index is 12.2. The number of hydrogen-bond donors (Lipinski definition) is 4. The van der Waals surface area contributed by atoms with E-state index in [0.29, 0.717) is 5.57 Å². The molecule has 0 spiro atoms. The molecule has 0 aliphatic heterocycles. The molecule has 0 saturated carbocycles. The largest absolute Gasteiger partial charge is 0.508 e. The number of aliphatic hydroxyl groups excluding tert-OH is 2. The van der Waals surface area contributed by atoms with Crippen molar-refractivity contribution in [2.75, 3.05) is 6.61 Å². The summed E-state index contributed by atoms with van der Waals surface area (Å²) >= 11 is 0. The van der Waals surface area contributed by atoms with Crippen LogP contribution in [0.2, 0.25) is 0 Å². The van der Waals surface area contributed by atoms with E-state index < -0.39 is 17.9 Å². The molecule has 0 aromatic carbocycles. The second-order valence-corrected chi connectivity index (χ2v) is 6.14. The Morgan fingerprint density at radius 3 is 2.25 bits per heavy atom. The smallest absolute Gasteiger partial charge is 0.326 e. The number of rotatable bonds is 13. The van der Waals surface area contributed by atoms with Crippen molar-refractivity contribution in [2.45, 2.75) is 39.2 Å². The molecule has 6 heteroatoms. The summed E-state index contributed by atoms with van der Waals surface area (Å²) in [4.78, 5) is 23.5. The summed E-state index contributed by atoms with van der Waals surface area (Å²) in [6.45, 7) is 6.91. The summed E-state index contributed by atoms with van der Waals surface area (Å²) in [6, 6.07) is -1.03. The van der Waals surface area contributed by atoms with E-state index in [0.717, 1.165) is 6.42 Å². The van der Waals surface area contributed by atoms with Gasteiger partial charge in [0.25, 0.3) is 0 Å². The molecule has 0 aromatic heterocycles. The van der Waals surface area contributed by atoms with Gasteiger partial charge in [-0.25, -0.2) is 4.79 Å². The predicted octanol–water partition coefficient (Wildman–Crippen LogP) is 3.60. The molecule has 0 radical (unpaired) electrons. The molecule has 1 unspecified atom stereocenters. The second kappa shape index (κ2) is 15.2. The highest BCUT2D eigenvalue weighted by atomic mass is 16.4. The van der Waals surface area contributed by atoms with Crippen LogP contribution < -0.4 is 5.32 Å². The molecule has 0 bridgehead atoms. The van der Waals surface area contributed by atoms with E-state index in [2.05, 4.69) is 11.9 Å². The van der Waals surface area contributed by atoms with Crippen LogP contribution in [0.4, 0.5) is 0 Å². The number of carbonyl (C=O) groups is 2. The van der Waals surface area contributed by atoms with Gasteiger partial charge in [-0.05, 0) is 36.5 Å². The lowest BCUT2D eigenvalue weighted by Gasteiger charge is -2.16. The van der Waals surface area contributed by atoms with Crippen molar-refractivity contribution in [2.24, 2.45) is 5.92 Å². The van der Waals surface area contributed by atoms with E-state index in [-0.39, 0.29) is 31.1 Å². The average molecular weight is 389 g/mol. The lowest BCUT2D eigenvalue weighted by atomic mass is 9.97. The van der Waals surface area contributed by atoms with Crippen molar-refractivity contribution in [1.82, 2.24) is 5.32 Å². The normalized spacial score (nSPS) is 15.2. The molecule has 28 heavy (non-hydrogen) atoms. The summed E-state index contributed by atoms with van der Waals surface area (Å²) in [7, 11) is 0. The van der Waals surface area contributed by atoms with E-state index >= 15 is 0 Å². The zero-order valence-corrected chi connectivity index (χ0v) is 16.5. The zero-order valence-electron chi connectivity index (χ0n) is 16.5. The SMILES string of the molecule is C=C/C(O)=C\C=C(/CO)C(C)CC(=O)N[C@H](C/C=C/C=C\C=C/CC)C(=O)O. The molecular formula is C22H31NO5. The molecule has 6 nitrogen and oxygen atoms in total. The van der Waals surface area contributed by atoms with Gasteiger partial charge >= 0.3 is 5.97 Å². The molecule has 0 aromatic rings. The lowest BCUT2D eigenvalue weighted by Crippen LogP contribution is -2.41. The van der Waals surface area contributed by atoms with Crippen LogP contribution in [0.3, 0.4) is 0 Å². The van der Waals surface area contributed by atoms with Crippen LogP contribution >= 0.6 is 0 Å². The third-order valence-electron chi connectivity index (χ3n) is 3.83. The van der Waals surface area contributed by atoms with Crippen molar-refractivity contribution in [3.63, 3.8) is 0 Å². The van der Waals surface area contributed by atoms with Gasteiger partial charge in [0.2, 0.25) is 5.91 Å². The summed E-state index contributed by atoms with van der Waals surface area (Å²) in [5.74, 6) is -1.92. The first-order chi connectivity index (χ1) is 13.3. The number of nitrogens with one attached hydrogen (secondary N) is 1. The molecule has 0 aliphatic rings. The Balaban J connectivity index is 4.77. The molecule has 0 rings (SSSR count). The first kappa shape index (κ1) is 25.1. The van der Waals surface area contributed by atoms with Gasteiger partial charge in [-0.15, -0.1) is 0 Å². The number of amides is 1. The summed E-state index contributed by atoms with van der Waals surface area (Å²) in [6.07, 6.45) is 16.2. The van der Waals surface area contributed by atoms with Gasteiger partial charge in [-0.2, -0.15) is 0 Å². The molecule has 154 valence electrons. The quantitative estimate of drug-likeness (QED) is 0.284. The van der Waals surface area contributed by atoms with Gasteiger partial charge in [0, 0.05) is 6.42 Å². The minimum atomic E-state index is -1.11. The van der Waals surface area contributed by atoms with E-state index in [1.807, 2.05) is 25.2 Å². The first-order valence-corrected chi connectivity index (χ1v) is 9.19. The topological polar surface area (TPSA) is 107 Å². The number of carboxylic acid groups (broad SMARTS) is 1. The van der Waals surface area contributed by atoms with Crippen molar-refractivity contribution in [3.05, 3.63) is 72.6 Å². The van der Waals surface area contributed by atoms with Crippen molar-refractivity contribution < 1.29 is 24.9 Å². The van der Waals surface area contributed by atoms with Gasteiger partial charge in [-0.1, -0.05) is 63.0 Å². The monoisotopic (exact) mass is 389 g/mol. The molecule has 0 fully saturated rings. The Morgan fingerprint density at radius 2 is 1.71 bits per heavy atom. The van der Waals surface area contributed by atoms with E-state index in [4.69, 9.17) is 0 Å². The number of aliphatic carboxylic acids is 1. The summed E-state index contributed by atoms with van der Waals surface area (Å²) in [5, 5.41) is 30.6. The van der Waals surface area contributed by atoms with E-state index in [1.165, 1.54) is 18.2 Å². The van der Waals surface area contributed by atoms with Crippen LogP contribution in [0.15, 0.2) is 72.6 Å². The number of carboxylic acids is 1. The van der Waals surface area contributed by atoms with Crippen LogP contribution in [-0.4, -0.2) is 39.8 Å². The third-order valence-corrected chi connectivity index (χ3v) is 3.83. The summed E-state index contributed by atoms with van der Waals surface area (Å²) < 4.78 is 0. The second-order valence-electron chi connectivity index (χ2n) is 6.14. The van der Waals surface area contributed by atoms with E-state index in [1.54, 1.807) is 25.2 Å². The van der Waals surface area contributed by atoms with Crippen molar-refractivity contribution >= 4 is 11.9 Å². The fourth-order valence-corrected chi connectivity index (χ4v) is 2.15. The molecule has 4 N–H and O–H groups in total. The number of carbonyl (C=O) groups excluding carboxylic acids is 1. The molecular weight excluding hydrogens is 358 g/mol. The Bertz CT molecular complexity index is 656. The first-order valence-electron chi connectivity index (χ1n) is 9.19. The lowest BCUT2D eigenvalue weighted by molar-refractivity contribution is -0.141. The van der Waals surface area contributed by atoms with Crippen LogP contribution in [0.5, 0.6) is 0 Å². The Hall–Kier alpha value is -2.86. The van der Waals surface area contributed by atoms with Crippen LogP contribution in [0.25, 0.3) is 0 Å². The zero-order chi connectivity index (χ0) is 21.4. The van der Waals surface area contributed by atoms with Crippen LogP contribution in [-0.2, 0) is 9.59 Å². The Morgan fingerprint density at radius 1 is 1.07 bits per heavy atom. The highest BCUT2D eigenvalue weighted by Gasteiger charge is 2.20. The number of aliphatic hydroxyl groups is 2. The predicted molar refractivity (Wildman–Crippen MR) is 112 cm³/mol. The maximum Gasteiger partial charge on any atom is 0.326 e. The highest BCUT2D eigenvalue weighted by molar-refractivity contribution is 5.83. The van der Waals surface area contributed by atoms with Gasteiger partial charge in [-0.3, -0.25) is 4.79 Å². The average Bonchev–Trinajstić information content (AvgIpc) is 2.66. The Labute approximate surface area is 167 Å². The minimum absolute atomic E-state index is 0.0181. The fourth-order valence-electron chi connectivity index (χ4n) is 2.15. The molecule has 2 atom stereocenters. The summed E-state index contributed by atoms with van der Waals surface area (Å²) in [5.41, 5.74) is 0.542.